The molecule has 2 heterocycles. The lowest BCUT2D eigenvalue weighted by Gasteiger charge is -2.28. The van der Waals surface area contributed by atoms with E-state index in [1.807, 2.05) is 0 Å². The first-order valence-electron chi connectivity index (χ1n) is 3.85. The van der Waals surface area contributed by atoms with Crippen molar-refractivity contribution in [2.24, 2.45) is 0 Å². The van der Waals surface area contributed by atoms with Gasteiger partial charge in [0, 0.05) is 0 Å². The van der Waals surface area contributed by atoms with Crippen molar-refractivity contribution in [3.63, 3.8) is 0 Å². The van der Waals surface area contributed by atoms with Crippen LogP contribution in [0.4, 0.5) is 0 Å². The molecule has 6 heteroatoms. The molecule has 0 aromatic carbocycles. The Kier molecular flexibility index (Phi) is 1.64. The fourth-order valence-electron chi connectivity index (χ4n) is 1.76. The van der Waals surface area contributed by atoms with Crippen LogP contribution in [0.2, 0.25) is 11.6 Å². The number of aliphatic hydroxyl groups is 2. The lowest BCUT2D eigenvalue weighted by Crippen LogP contribution is -2.40. The summed E-state index contributed by atoms with van der Waals surface area (Å²) >= 11 is 0. The second-order valence-electron chi connectivity index (χ2n) is 3.34. The molecule has 0 saturated carbocycles. The summed E-state index contributed by atoms with van der Waals surface area (Å²) in [6.07, 6.45) is -3.19. The minimum absolute atomic E-state index is 0.0881. The first-order chi connectivity index (χ1) is 5.61. The van der Waals surface area contributed by atoms with E-state index in [-0.39, 0.29) is 11.6 Å². The molecule has 66 valence electrons. The van der Waals surface area contributed by atoms with Gasteiger partial charge in [-0.25, -0.2) is 4.79 Å². The topological polar surface area (TPSA) is 87.0 Å². The van der Waals surface area contributed by atoms with Gasteiger partial charge in [-0.15, -0.1) is 0 Å². The Hall–Kier alpha value is -0.585. The molecule has 0 spiro atoms. The Labute approximate surface area is 69.2 Å². The number of carboxylic acid groups (broad SMARTS) is 1. The molecule has 0 radical (unpaired) electrons. The first kappa shape index (κ1) is 8.03. The average molecular weight is 172 g/mol. The molecule has 3 N–H and O–H groups in total. The van der Waals surface area contributed by atoms with E-state index in [4.69, 9.17) is 14.9 Å². The molecule has 0 bridgehead atoms. The van der Waals surface area contributed by atoms with Gasteiger partial charge < -0.3 is 20.1 Å². The van der Waals surface area contributed by atoms with E-state index in [0.29, 0.717) is 7.28 Å². The number of hydrogen-bond acceptors (Lipinski definition) is 4. The maximum absolute atomic E-state index is 10.5. The minimum atomic E-state index is -1.34. The highest BCUT2D eigenvalue weighted by Gasteiger charge is 2.58. The Morgan fingerprint density at radius 2 is 2.00 bits per heavy atom. The summed E-state index contributed by atoms with van der Waals surface area (Å²) in [5.74, 6) is -1.26. The van der Waals surface area contributed by atoms with Gasteiger partial charge in [0.1, 0.15) is 13.4 Å². The summed E-state index contributed by atoms with van der Waals surface area (Å²) in [6, 6.07) is 0. The summed E-state index contributed by atoms with van der Waals surface area (Å²) in [5.41, 5.74) is 0. The van der Waals surface area contributed by atoms with Crippen molar-refractivity contribution in [1.82, 2.24) is 0 Å². The van der Waals surface area contributed by atoms with Crippen LogP contribution in [0.1, 0.15) is 0 Å². The van der Waals surface area contributed by atoms with Crippen molar-refractivity contribution in [3.05, 3.63) is 0 Å². The van der Waals surface area contributed by atoms with Crippen molar-refractivity contribution in [2.45, 2.75) is 30.1 Å². The van der Waals surface area contributed by atoms with Gasteiger partial charge in [0.2, 0.25) is 0 Å². The number of hydrogen-bond donors (Lipinski definition) is 3. The molecule has 5 nitrogen and oxygen atoms in total. The zero-order chi connectivity index (χ0) is 8.88. The number of aliphatic carboxylic acids is 1. The van der Waals surface area contributed by atoms with Crippen LogP contribution in [0.15, 0.2) is 0 Å². The van der Waals surface area contributed by atoms with Crippen LogP contribution in [0.25, 0.3) is 0 Å². The summed E-state index contributed by atoms with van der Waals surface area (Å²) in [4.78, 5) is 10.5. The molecule has 2 aliphatic rings. The first-order valence-corrected chi connectivity index (χ1v) is 3.85. The van der Waals surface area contributed by atoms with Gasteiger partial charge in [0.05, 0.1) is 0 Å². The third-order valence-corrected chi connectivity index (χ3v) is 2.54. The largest absolute Gasteiger partial charge is 0.479 e. The Morgan fingerprint density at radius 3 is 2.58 bits per heavy atom. The van der Waals surface area contributed by atoms with Crippen LogP contribution in [0.5, 0.6) is 0 Å². The van der Waals surface area contributed by atoms with Crippen LogP contribution >= 0.6 is 0 Å². The van der Waals surface area contributed by atoms with Crippen molar-refractivity contribution in [3.8, 4) is 0 Å². The van der Waals surface area contributed by atoms with Crippen molar-refractivity contribution < 1.29 is 24.9 Å². The lowest BCUT2D eigenvalue weighted by molar-refractivity contribution is -0.213. The van der Waals surface area contributed by atoms with Crippen LogP contribution in [0, 0.1) is 0 Å². The third-order valence-electron chi connectivity index (χ3n) is 2.54. The molecule has 2 fully saturated rings. The lowest BCUT2D eigenvalue weighted by atomic mass is 9.96. The predicted molar refractivity (Wildman–Crippen MR) is 39.2 cm³/mol. The maximum atomic E-state index is 10.5. The predicted octanol–water partition coefficient (Wildman–Crippen LogP) is -1.82. The van der Waals surface area contributed by atoms with Gasteiger partial charge in [-0.1, -0.05) is 0 Å². The minimum Gasteiger partial charge on any atom is -0.479 e. The molecule has 2 saturated heterocycles. The number of carbonyl (C=O) groups is 1. The summed E-state index contributed by atoms with van der Waals surface area (Å²) in [6.45, 7) is 0. The fraction of sp³-hybridized carbons (Fsp3) is 0.833. The number of aliphatic hydroxyl groups excluding tert-OH is 2. The van der Waals surface area contributed by atoms with Crippen molar-refractivity contribution >= 4 is 13.2 Å². The SMILES string of the molecule is O=C(O)C1O[C@@H](O)[C@@H](O)C2B[C@H]12. The molecular formula is C6H9BO5. The van der Waals surface area contributed by atoms with E-state index in [0.717, 1.165) is 0 Å². The smallest absolute Gasteiger partial charge is 0.332 e. The zero-order valence-electron chi connectivity index (χ0n) is 6.25. The Morgan fingerprint density at radius 1 is 1.33 bits per heavy atom. The molecule has 0 aromatic rings. The number of carboxylic acids is 1. The van der Waals surface area contributed by atoms with Crippen LogP contribution in [0.3, 0.4) is 0 Å². The highest BCUT2D eigenvalue weighted by Crippen LogP contribution is 2.52. The maximum Gasteiger partial charge on any atom is 0.332 e. The van der Waals surface area contributed by atoms with Gasteiger partial charge in [-0.3, -0.25) is 0 Å². The second kappa shape index (κ2) is 2.45. The molecule has 12 heavy (non-hydrogen) atoms. The molecule has 5 atom stereocenters. The summed E-state index contributed by atoms with van der Waals surface area (Å²) in [5, 5.41) is 26.9. The van der Waals surface area contributed by atoms with Crippen LogP contribution < -0.4 is 0 Å². The van der Waals surface area contributed by atoms with Crippen molar-refractivity contribution in [2.75, 3.05) is 0 Å². The number of ether oxygens (including phenoxy) is 1. The van der Waals surface area contributed by atoms with Gasteiger partial charge >= 0.3 is 5.97 Å². The Bertz CT molecular complexity index is 218. The quantitative estimate of drug-likeness (QED) is 0.405. The van der Waals surface area contributed by atoms with Crippen LogP contribution in [-0.4, -0.2) is 47.1 Å². The molecule has 2 aliphatic heterocycles. The van der Waals surface area contributed by atoms with Gasteiger partial charge in [-0.2, -0.15) is 0 Å². The fourth-order valence-corrected chi connectivity index (χ4v) is 1.76. The highest BCUT2D eigenvalue weighted by molar-refractivity contribution is 6.55. The van der Waals surface area contributed by atoms with E-state index in [2.05, 4.69) is 0 Å². The molecule has 0 aromatic heterocycles. The van der Waals surface area contributed by atoms with E-state index < -0.39 is 24.5 Å². The number of fused-ring (bicyclic) bond motifs is 1. The van der Waals surface area contributed by atoms with Gasteiger partial charge in [-0.05, 0) is 11.6 Å². The monoisotopic (exact) mass is 172 g/mol. The summed E-state index contributed by atoms with van der Waals surface area (Å²) < 4.78 is 4.72. The average Bonchev–Trinajstić information content (AvgIpc) is 2.75. The Balaban J connectivity index is 2.08. The highest BCUT2D eigenvalue weighted by atomic mass is 16.6. The van der Waals surface area contributed by atoms with Crippen LogP contribution in [-0.2, 0) is 9.53 Å². The zero-order valence-corrected chi connectivity index (χ0v) is 6.25. The van der Waals surface area contributed by atoms with Gasteiger partial charge in [0.25, 0.3) is 0 Å². The molecular weight excluding hydrogens is 163 g/mol. The van der Waals surface area contributed by atoms with E-state index >= 15 is 0 Å². The standard InChI is InChI=1S/C6H9BO5/c8-3-1-2(7-1)4(5(9)10)12-6(3)11/h1-4,6-8,11H,(H,9,10)/t1?,2-,3-,4?,6+/m0/s1. The van der Waals surface area contributed by atoms with E-state index in [1.165, 1.54) is 0 Å². The normalized spacial score (nSPS) is 50.7. The molecule has 2 rings (SSSR count). The van der Waals surface area contributed by atoms with Crippen molar-refractivity contribution in [1.29, 1.82) is 0 Å². The van der Waals surface area contributed by atoms with E-state index in [9.17, 15) is 9.90 Å². The summed E-state index contributed by atoms with van der Waals surface area (Å²) in [7, 11) is 0.634. The third kappa shape index (κ3) is 1.03. The second-order valence-corrected chi connectivity index (χ2v) is 3.34. The molecule has 0 amide bonds. The molecule has 0 aliphatic carbocycles. The number of rotatable bonds is 1. The molecule has 2 unspecified atom stereocenters. The van der Waals surface area contributed by atoms with Gasteiger partial charge in [0.15, 0.2) is 12.4 Å². The van der Waals surface area contributed by atoms with E-state index in [1.54, 1.807) is 0 Å².